The normalized spacial score (nSPS) is 9.85. The Hall–Kier alpha value is -2.48. The molecular formula is C12H15N3O5. The van der Waals surface area contributed by atoms with E-state index in [-0.39, 0.29) is 0 Å². The zero-order valence-electron chi connectivity index (χ0n) is 10.9. The summed E-state index contributed by atoms with van der Waals surface area (Å²) >= 11 is 0. The van der Waals surface area contributed by atoms with E-state index in [9.17, 15) is 14.4 Å². The van der Waals surface area contributed by atoms with Gasteiger partial charge in [-0.1, -0.05) is 0 Å². The molecule has 0 aliphatic carbocycles. The van der Waals surface area contributed by atoms with Gasteiger partial charge in [-0.3, -0.25) is 20.0 Å². The lowest BCUT2D eigenvalue weighted by Gasteiger charge is -2.20. The summed E-state index contributed by atoms with van der Waals surface area (Å²) in [5.74, 6) is -1.89. The van der Waals surface area contributed by atoms with E-state index in [1.54, 1.807) is 19.1 Å². The first-order valence-electron chi connectivity index (χ1n) is 5.85. The molecule has 1 aromatic rings. The molecule has 0 bridgehead atoms. The van der Waals surface area contributed by atoms with E-state index in [2.05, 4.69) is 15.0 Å². The number of nitrogens with one attached hydrogen (secondary N) is 1. The lowest BCUT2D eigenvalue weighted by molar-refractivity contribution is -0.143. The predicted molar refractivity (Wildman–Crippen MR) is 69.3 cm³/mol. The van der Waals surface area contributed by atoms with Crippen molar-refractivity contribution in [3.05, 3.63) is 24.5 Å². The first kappa shape index (κ1) is 15.6. The minimum Gasteiger partial charge on any atom is -0.480 e. The molecular weight excluding hydrogens is 266 g/mol. The molecule has 0 radical (unpaired) electrons. The van der Waals surface area contributed by atoms with Gasteiger partial charge in [0.05, 0.1) is 0 Å². The van der Waals surface area contributed by atoms with Crippen molar-refractivity contribution in [3.8, 4) is 0 Å². The number of aromatic nitrogens is 1. The van der Waals surface area contributed by atoms with Crippen LogP contribution in [0.3, 0.4) is 0 Å². The number of imide groups is 1. The molecule has 0 spiro atoms. The average molecular weight is 281 g/mol. The summed E-state index contributed by atoms with van der Waals surface area (Å²) in [7, 11) is 0. The Morgan fingerprint density at radius 1 is 1.30 bits per heavy atom. The second-order valence-electron chi connectivity index (χ2n) is 3.69. The number of rotatable bonds is 6. The Bertz CT molecular complexity index is 477. The van der Waals surface area contributed by atoms with Gasteiger partial charge in [-0.15, -0.1) is 0 Å². The highest BCUT2D eigenvalue weighted by Crippen LogP contribution is 2.11. The average Bonchev–Trinajstić information content (AvgIpc) is 2.40. The Balaban J connectivity index is 2.51. The number of hydrogen-bond donors (Lipinski definition) is 2. The second-order valence-corrected chi connectivity index (χ2v) is 3.69. The molecule has 1 aromatic heterocycles. The van der Waals surface area contributed by atoms with E-state index in [4.69, 9.17) is 5.11 Å². The summed E-state index contributed by atoms with van der Waals surface area (Å²) in [6.07, 6.45) is 3.06. The maximum absolute atomic E-state index is 11.9. The summed E-state index contributed by atoms with van der Waals surface area (Å²) in [4.78, 5) is 38.7. The smallest absolute Gasteiger partial charge is 0.329 e. The standard InChI is InChI=1S/C12H15N3O5/c1-2-15(9-3-5-13-6-4-9)12(19)14-10(16)7-20-8-11(17)18/h3-6H,2,7-8H2,1H3,(H,17,18)(H,14,16,19). The van der Waals surface area contributed by atoms with Crippen molar-refractivity contribution in [2.75, 3.05) is 24.7 Å². The van der Waals surface area contributed by atoms with Gasteiger partial charge in [0.2, 0.25) is 0 Å². The number of amides is 3. The lowest BCUT2D eigenvalue weighted by atomic mass is 10.3. The van der Waals surface area contributed by atoms with Crippen LogP contribution < -0.4 is 10.2 Å². The second kappa shape index (κ2) is 7.85. The largest absolute Gasteiger partial charge is 0.480 e. The van der Waals surface area contributed by atoms with E-state index in [1.807, 2.05) is 0 Å². The molecule has 0 saturated heterocycles. The van der Waals surface area contributed by atoms with Crippen LogP contribution in [-0.2, 0) is 14.3 Å². The number of carboxylic acid groups (broad SMARTS) is 1. The highest BCUT2D eigenvalue weighted by Gasteiger charge is 2.16. The van der Waals surface area contributed by atoms with Gasteiger partial charge in [-0.05, 0) is 19.1 Å². The highest BCUT2D eigenvalue weighted by molar-refractivity contribution is 6.02. The summed E-state index contributed by atoms with van der Waals surface area (Å²) in [6.45, 7) is 1.03. The van der Waals surface area contributed by atoms with Crippen LogP contribution in [0.15, 0.2) is 24.5 Å². The molecule has 8 nitrogen and oxygen atoms in total. The summed E-state index contributed by atoms with van der Waals surface area (Å²) in [5.41, 5.74) is 0.597. The first-order chi connectivity index (χ1) is 9.54. The van der Waals surface area contributed by atoms with E-state index >= 15 is 0 Å². The number of pyridine rings is 1. The topological polar surface area (TPSA) is 109 Å². The molecule has 0 aliphatic rings. The van der Waals surface area contributed by atoms with Crippen molar-refractivity contribution >= 4 is 23.6 Å². The number of carbonyl (C=O) groups is 3. The molecule has 0 aromatic carbocycles. The molecule has 0 atom stereocenters. The molecule has 108 valence electrons. The van der Waals surface area contributed by atoms with E-state index in [0.717, 1.165) is 0 Å². The Morgan fingerprint density at radius 3 is 2.50 bits per heavy atom. The lowest BCUT2D eigenvalue weighted by Crippen LogP contribution is -2.44. The molecule has 1 heterocycles. The third-order valence-corrected chi connectivity index (χ3v) is 2.24. The number of aliphatic carboxylic acids is 1. The van der Waals surface area contributed by atoms with Crippen molar-refractivity contribution < 1.29 is 24.2 Å². The first-order valence-corrected chi connectivity index (χ1v) is 5.85. The zero-order chi connectivity index (χ0) is 15.0. The van der Waals surface area contributed by atoms with Gasteiger partial charge in [0.25, 0.3) is 5.91 Å². The number of carboxylic acids is 1. The van der Waals surface area contributed by atoms with Crippen LogP contribution in [0.5, 0.6) is 0 Å². The van der Waals surface area contributed by atoms with Crippen LogP contribution in [0, 0.1) is 0 Å². The fraction of sp³-hybridized carbons (Fsp3) is 0.333. The van der Waals surface area contributed by atoms with Crippen LogP contribution in [0.1, 0.15) is 6.92 Å². The van der Waals surface area contributed by atoms with Gasteiger partial charge in [0.1, 0.15) is 13.2 Å². The minimum absolute atomic E-state index is 0.360. The van der Waals surface area contributed by atoms with Crippen LogP contribution in [0.2, 0.25) is 0 Å². The minimum atomic E-state index is -1.18. The molecule has 1 rings (SSSR count). The summed E-state index contributed by atoms with van der Waals surface area (Å²) < 4.78 is 4.58. The molecule has 8 heteroatoms. The van der Waals surface area contributed by atoms with Crippen LogP contribution >= 0.6 is 0 Å². The number of hydrogen-bond acceptors (Lipinski definition) is 5. The monoisotopic (exact) mass is 281 g/mol. The van der Waals surface area contributed by atoms with Crippen molar-refractivity contribution in [2.24, 2.45) is 0 Å². The number of urea groups is 1. The van der Waals surface area contributed by atoms with E-state index < -0.39 is 31.1 Å². The molecule has 0 fully saturated rings. The SMILES string of the molecule is CCN(C(=O)NC(=O)COCC(=O)O)c1ccncc1. The third-order valence-electron chi connectivity index (χ3n) is 2.24. The Kier molecular flexibility index (Phi) is 6.11. The van der Waals surface area contributed by atoms with Crippen molar-refractivity contribution in [1.82, 2.24) is 10.3 Å². The Labute approximate surface area is 115 Å². The molecule has 2 N–H and O–H groups in total. The summed E-state index contributed by atoms with van der Waals surface area (Å²) in [5, 5.41) is 10.5. The number of ether oxygens (including phenoxy) is 1. The number of anilines is 1. The fourth-order valence-electron chi connectivity index (χ4n) is 1.42. The molecule has 0 saturated carbocycles. The molecule has 3 amide bonds. The van der Waals surface area contributed by atoms with Crippen LogP contribution in [0.4, 0.5) is 10.5 Å². The van der Waals surface area contributed by atoms with Crippen LogP contribution in [-0.4, -0.2) is 47.8 Å². The molecule has 20 heavy (non-hydrogen) atoms. The predicted octanol–water partition coefficient (Wildman–Crippen LogP) is 0.245. The number of carbonyl (C=O) groups excluding carboxylic acids is 2. The van der Waals surface area contributed by atoms with Gasteiger partial charge in [0, 0.05) is 24.6 Å². The number of nitrogens with zero attached hydrogens (tertiary/aromatic N) is 2. The molecule has 0 unspecified atom stereocenters. The van der Waals surface area contributed by atoms with E-state index in [1.165, 1.54) is 17.3 Å². The van der Waals surface area contributed by atoms with Gasteiger partial charge >= 0.3 is 12.0 Å². The third kappa shape index (κ3) is 5.02. The van der Waals surface area contributed by atoms with Crippen LogP contribution in [0.25, 0.3) is 0 Å². The maximum atomic E-state index is 11.9. The quantitative estimate of drug-likeness (QED) is 0.773. The Morgan fingerprint density at radius 2 is 1.95 bits per heavy atom. The highest BCUT2D eigenvalue weighted by atomic mass is 16.5. The van der Waals surface area contributed by atoms with E-state index in [0.29, 0.717) is 12.2 Å². The van der Waals surface area contributed by atoms with Crippen molar-refractivity contribution in [2.45, 2.75) is 6.92 Å². The zero-order valence-corrected chi connectivity index (χ0v) is 10.9. The molecule has 0 aliphatic heterocycles. The van der Waals surface area contributed by atoms with Gasteiger partial charge in [-0.2, -0.15) is 0 Å². The van der Waals surface area contributed by atoms with Crippen molar-refractivity contribution in [1.29, 1.82) is 0 Å². The van der Waals surface area contributed by atoms with Gasteiger partial charge < -0.3 is 9.84 Å². The van der Waals surface area contributed by atoms with Gasteiger partial charge in [-0.25, -0.2) is 9.59 Å². The fourth-order valence-corrected chi connectivity index (χ4v) is 1.42. The van der Waals surface area contributed by atoms with Crippen molar-refractivity contribution in [3.63, 3.8) is 0 Å². The summed E-state index contributed by atoms with van der Waals surface area (Å²) in [6, 6.07) is 2.66. The van der Waals surface area contributed by atoms with Gasteiger partial charge in [0.15, 0.2) is 0 Å². The maximum Gasteiger partial charge on any atom is 0.329 e.